The van der Waals surface area contributed by atoms with Crippen molar-refractivity contribution in [2.45, 2.75) is 51.9 Å². The molecule has 2 rings (SSSR count). The van der Waals surface area contributed by atoms with Crippen LogP contribution in [0, 0.1) is 5.92 Å². The van der Waals surface area contributed by atoms with Crippen molar-refractivity contribution in [1.82, 2.24) is 10.3 Å². The van der Waals surface area contributed by atoms with E-state index in [2.05, 4.69) is 36.5 Å². The Bertz CT molecular complexity index is 428. The molecule has 1 unspecified atom stereocenters. The van der Waals surface area contributed by atoms with Gasteiger partial charge in [-0.2, -0.15) is 0 Å². The monoisotopic (exact) mass is 280 g/mol. The average molecular weight is 280 g/mol. The molecule has 2 heterocycles. The van der Waals surface area contributed by atoms with Crippen molar-refractivity contribution in [1.29, 1.82) is 0 Å². The van der Waals surface area contributed by atoms with Crippen LogP contribution < -0.4 is 5.32 Å². The van der Waals surface area contributed by atoms with Crippen molar-refractivity contribution in [3.8, 4) is 0 Å². The lowest BCUT2D eigenvalue weighted by Gasteiger charge is -2.14. The second-order valence-corrected chi connectivity index (χ2v) is 7.43. The highest BCUT2D eigenvalue weighted by atomic mass is 32.1. The Morgan fingerprint density at radius 1 is 1.53 bits per heavy atom. The number of nitrogens with one attached hydrogen (secondary N) is 1. The summed E-state index contributed by atoms with van der Waals surface area (Å²) in [6.45, 7) is 8.65. The fourth-order valence-corrected chi connectivity index (χ4v) is 3.37. The lowest BCUT2D eigenvalue weighted by molar-refractivity contribution is -0.118. The minimum Gasteiger partial charge on any atom is -0.316 e. The van der Waals surface area contributed by atoms with E-state index in [1.165, 1.54) is 6.42 Å². The molecule has 0 aromatic carbocycles. The van der Waals surface area contributed by atoms with E-state index in [-0.39, 0.29) is 5.41 Å². The number of hydrogen-bond acceptors (Lipinski definition) is 4. The van der Waals surface area contributed by atoms with Crippen LogP contribution in [0.4, 0.5) is 0 Å². The topological polar surface area (TPSA) is 42.0 Å². The standard InChI is InChI=1S/C15H24N2OS/c1-15(2,3)13-10-19-14(17-13)8-12(18)5-4-11-6-7-16-9-11/h10-11,16H,4-9H2,1-3H3. The predicted molar refractivity (Wildman–Crippen MR) is 79.7 cm³/mol. The first-order chi connectivity index (χ1) is 8.95. The maximum absolute atomic E-state index is 12.0. The minimum absolute atomic E-state index is 0.0767. The molecule has 1 N–H and O–H groups in total. The smallest absolute Gasteiger partial charge is 0.139 e. The molecule has 1 saturated heterocycles. The van der Waals surface area contributed by atoms with Gasteiger partial charge in [0.15, 0.2) is 0 Å². The molecule has 1 aromatic rings. The molecule has 3 nitrogen and oxygen atoms in total. The van der Waals surface area contributed by atoms with Gasteiger partial charge in [0, 0.05) is 17.2 Å². The Morgan fingerprint density at radius 2 is 2.32 bits per heavy atom. The first-order valence-electron chi connectivity index (χ1n) is 7.12. The molecule has 1 atom stereocenters. The van der Waals surface area contributed by atoms with Crippen molar-refractivity contribution in [3.63, 3.8) is 0 Å². The SMILES string of the molecule is CC(C)(C)c1csc(CC(=O)CCC2CCNC2)n1. The maximum atomic E-state index is 12.0. The number of rotatable bonds is 5. The Balaban J connectivity index is 1.80. The first-order valence-corrected chi connectivity index (χ1v) is 8.00. The van der Waals surface area contributed by atoms with E-state index >= 15 is 0 Å². The summed E-state index contributed by atoms with van der Waals surface area (Å²) in [5.41, 5.74) is 1.17. The van der Waals surface area contributed by atoms with Crippen LogP contribution >= 0.6 is 11.3 Å². The molecule has 0 spiro atoms. The second-order valence-electron chi connectivity index (χ2n) is 6.49. The third kappa shape index (κ3) is 4.39. The van der Waals surface area contributed by atoms with Gasteiger partial charge in [-0.15, -0.1) is 11.3 Å². The molecule has 0 saturated carbocycles. The van der Waals surface area contributed by atoms with Crippen LogP contribution in [-0.2, 0) is 16.6 Å². The summed E-state index contributed by atoms with van der Waals surface area (Å²) in [5, 5.41) is 6.40. The predicted octanol–water partition coefficient (Wildman–Crippen LogP) is 2.94. The number of carbonyl (C=O) groups is 1. The number of aromatic nitrogens is 1. The number of ketones is 1. The van der Waals surface area contributed by atoms with Crippen molar-refractivity contribution in [3.05, 3.63) is 16.1 Å². The average Bonchev–Trinajstić information content (AvgIpc) is 2.95. The lowest BCUT2D eigenvalue weighted by Crippen LogP contribution is -2.13. The van der Waals surface area contributed by atoms with E-state index < -0.39 is 0 Å². The Kier molecular flexibility index (Phi) is 4.74. The normalized spacial score (nSPS) is 19.8. The zero-order valence-corrected chi connectivity index (χ0v) is 13.0. The summed E-state index contributed by atoms with van der Waals surface area (Å²) in [6.07, 6.45) is 3.47. The lowest BCUT2D eigenvalue weighted by atomic mass is 9.93. The molecule has 1 aliphatic heterocycles. The molecule has 0 amide bonds. The Labute approximate surface area is 119 Å². The molecule has 1 aliphatic rings. The molecule has 0 bridgehead atoms. The van der Waals surface area contributed by atoms with E-state index in [0.29, 0.717) is 24.5 Å². The highest BCUT2D eigenvalue weighted by Gasteiger charge is 2.19. The van der Waals surface area contributed by atoms with Crippen molar-refractivity contribution < 1.29 is 4.79 Å². The van der Waals surface area contributed by atoms with Gasteiger partial charge in [-0.1, -0.05) is 20.8 Å². The Morgan fingerprint density at radius 3 is 2.89 bits per heavy atom. The van der Waals surface area contributed by atoms with Crippen LogP contribution in [-0.4, -0.2) is 23.9 Å². The van der Waals surface area contributed by atoms with Gasteiger partial charge in [0.1, 0.15) is 10.8 Å². The zero-order valence-electron chi connectivity index (χ0n) is 12.2. The molecular formula is C15H24N2OS. The minimum atomic E-state index is 0.0767. The van der Waals surface area contributed by atoms with Crippen LogP contribution in [0.25, 0.3) is 0 Å². The van der Waals surface area contributed by atoms with Gasteiger partial charge >= 0.3 is 0 Å². The van der Waals surface area contributed by atoms with Gasteiger partial charge in [-0.3, -0.25) is 4.79 Å². The van der Waals surface area contributed by atoms with Gasteiger partial charge in [-0.05, 0) is 31.8 Å². The summed E-state index contributed by atoms with van der Waals surface area (Å²) >= 11 is 1.62. The fourth-order valence-electron chi connectivity index (χ4n) is 2.32. The summed E-state index contributed by atoms with van der Waals surface area (Å²) < 4.78 is 0. The molecule has 0 aliphatic carbocycles. The van der Waals surface area contributed by atoms with Crippen LogP contribution in [0.1, 0.15) is 50.7 Å². The number of thiazole rings is 1. The van der Waals surface area contributed by atoms with Crippen LogP contribution in [0.15, 0.2) is 5.38 Å². The van der Waals surface area contributed by atoms with Gasteiger partial charge in [0.2, 0.25) is 0 Å². The van der Waals surface area contributed by atoms with Crippen LogP contribution in [0.3, 0.4) is 0 Å². The molecular weight excluding hydrogens is 256 g/mol. The number of carbonyl (C=O) groups excluding carboxylic acids is 1. The van der Waals surface area contributed by atoms with Gasteiger partial charge in [0.25, 0.3) is 0 Å². The van der Waals surface area contributed by atoms with Crippen LogP contribution in [0.2, 0.25) is 0 Å². The zero-order chi connectivity index (χ0) is 13.9. The van der Waals surface area contributed by atoms with E-state index in [9.17, 15) is 4.79 Å². The quantitative estimate of drug-likeness (QED) is 0.901. The summed E-state index contributed by atoms with van der Waals surface area (Å²) in [4.78, 5) is 16.6. The first kappa shape index (κ1) is 14.7. The summed E-state index contributed by atoms with van der Waals surface area (Å²) in [5.74, 6) is 1.03. The highest BCUT2D eigenvalue weighted by molar-refractivity contribution is 7.09. The van der Waals surface area contributed by atoms with Crippen molar-refractivity contribution in [2.24, 2.45) is 5.92 Å². The van der Waals surface area contributed by atoms with E-state index in [1.807, 2.05) is 0 Å². The maximum Gasteiger partial charge on any atom is 0.139 e. The number of hydrogen-bond donors (Lipinski definition) is 1. The third-order valence-electron chi connectivity index (χ3n) is 3.66. The molecule has 0 radical (unpaired) electrons. The van der Waals surface area contributed by atoms with Crippen LogP contribution in [0.5, 0.6) is 0 Å². The van der Waals surface area contributed by atoms with E-state index in [4.69, 9.17) is 0 Å². The number of nitrogens with zero attached hydrogens (tertiary/aromatic N) is 1. The van der Waals surface area contributed by atoms with Crippen molar-refractivity contribution >= 4 is 17.1 Å². The highest BCUT2D eigenvalue weighted by Crippen LogP contribution is 2.24. The number of Topliss-reactive ketones (excluding diaryl/α,β-unsaturated/α-hetero) is 1. The van der Waals surface area contributed by atoms with Gasteiger partial charge in [-0.25, -0.2) is 4.98 Å². The van der Waals surface area contributed by atoms with Crippen molar-refractivity contribution in [2.75, 3.05) is 13.1 Å². The molecule has 4 heteroatoms. The van der Waals surface area contributed by atoms with Gasteiger partial charge < -0.3 is 5.32 Å². The third-order valence-corrected chi connectivity index (χ3v) is 4.51. The molecule has 19 heavy (non-hydrogen) atoms. The summed E-state index contributed by atoms with van der Waals surface area (Å²) in [6, 6.07) is 0. The van der Waals surface area contributed by atoms with Gasteiger partial charge in [0.05, 0.1) is 12.1 Å². The molecule has 106 valence electrons. The molecule has 1 aromatic heterocycles. The fraction of sp³-hybridized carbons (Fsp3) is 0.733. The largest absolute Gasteiger partial charge is 0.316 e. The summed E-state index contributed by atoms with van der Waals surface area (Å²) in [7, 11) is 0. The second kappa shape index (κ2) is 6.14. The van der Waals surface area contributed by atoms with E-state index in [0.717, 1.165) is 30.2 Å². The van der Waals surface area contributed by atoms with E-state index in [1.54, 1.807) is 11.3 Å². The molecule has 1 fully saturated rings. The Hall–Kier alpha value is -0.740.